The van der Waals surface area contributed by atoms with Gasteiger partial charge >= 0.3 is 0 Å². The van der Waals surface area contributed by atoms with E-state index in [2.05, 4.69) is 15.1 Å². The Morgan fingerprint density at radius 2 is 2.17 bits per heavy atom. The van der Waals surface area contributed by atoms with Gasteiger partial charge in [0, 0.05) is 6.20 Å². The summed E-state index contributed by atoms with van der Waals surface area (Å²) in [4.78, 5) is 8.07. The largest absolute Gasteiger partial charge is 0.508 e. The van der Waals surface area contributed by atoms with E-state index in [1.165, 1.54) is 0 Å². The zero-order valence-corrected chi connectivity index (χ0v) is 9.48. The molecule has 3 N–H and O–H groups in total. The zero-order chi connectivity index (χ0) is 12.5. The highest BCUT2D eigenvalue weighted by atomic mass is 16.3. The molecule has 90 valence electrons. The Morgan fingerprint density at radius 3 is 3.00 bits per heavy atom. The quantitative estimate of drug-likeness (QED) is 0.702. The number of anilines is 1. The van der Waals surface area contributed by atoms with E-state index in [1.54, 1.807) is 35.3 Å². The summed E-state index contributed by atoms with van der Waals surface area (Å²) in [5.74, 6) is 0.457. The molecule has 6 heteroatoms. The average molecular weight is 241 g/mol. The second-order valence-corrected chi connectivity index (χ2v) is 3.98. The first-order valence-electron chi connectivity index (χ1n) is 5.44. The van der Waals surface area contributed by atoms with Crippen molar-refractivity contribution >= 4 is 17.0 Å². The fourth-order valence-corrected chi connectivity index (χ4v) is 1.82. The Hall–Kier alpha value is -2.63. The van der Waals surface area contributed by atoms with Crippen LogP contribution in [0.15, 0.2) is 36.7 Å². The van der Waals surface area contributed by atoms with Crippen LogP contribution in [0.5, 0.6) is 5.75 Å². The van der Waals surface area contributed by atoms with Gasteiger partial charge in [-0.1, -0.05) is 12.1 Å². The van der Waals surface area contributed by atoms with E-state index in [-0.39, 0.29) is 11.7 Å². The van der Waals surface area contributed by atoms with Gasteiger partial charge in [0.05, 0.1) is 18.1 Å². The molecule has 0 saturated heterocycles. The summed E-state index contributed by atoms with van der Waals surface area (Å²) < 4.78 is 1.72. The predicted octanol–water partition coefficient (Wildman–Crippen LogP) is 1.16. The van der Waals surface area contributed by atoms with E-state index >= 15 is 0 Å². The molecule has 0 fully saturated rings. The topological polar surface area (TPSA) is 89.8 Å². The molecular formula is C12H11N5O. The number of hydrogen-bond acceptors (Lipinski definition) is 5. The summed E-state index contributed by atoms with van der Waals surface area (Å²) in [7, 11) is 0. The summed E-state index contributed by atoms with van der Waals surface area (Å²) >= 11 is 0. The molecule has 0 aliphatic rings. The Labute approximate surface area is 103 Å². The molecule has 0 radical (unpaired) electrons. The van der Waals surface area contributed by atoms with Crippen LogP contribution in [-0.4, -0.2) is 24.9 Å². The summed E-state index contributed by atoms with van der Waals surface area (Å²) in [6, 6.07) is 7.03. The molecule has 0 saturated carbocycles. The van der Waals surface area contributed by atoms with Gasteiger partial charge in [0.2, 0.25) is 5.95 Å². The number of nitrogens with two attached hydrogens (primary N) is 1. The van der Waals surface area contributed by atoms with Crippen LogP contribution in [0.3, 0.4) is 0 Å². The highest BCUT2D eigenvalue weighted by Gasteiger charge is 2.06. The van der Waals surface area contributed by atoms with Crippen molar-refractivity contribution in [3.05, 3.63) is 42.2 Å². The van der Waals surface area contributed by atoms with Crippen molar-refractivity contribution < 1.29 is 5.11 Å². The monoisotopic (exact) mass is 241 g/mol. The first-order valence-corrected chi connectivity index (χ1v) is 5.44. The number of phenolic OH excluding ortho intramolecular Hbond substituents is 1. The number of aromatic hydroxyl groups is 1. The number of rotatable bonds is 2. The smallest absolute Gasteiger partial charge is 0.222 e. The number of aromatic nitrogens is 4. The van der Waals surface area contributed by atoms with E-state index in [0.29, 0.717) is 12.2 Å². The zero-order valence-electron chi connectivity index (χ0n) is 9.48. The molecule has 0 unspecified atom stereocenters. The van der Waals surface area contributed by atoms with Gasteiger partial charge in [-0.15, -0.1) is 0 Å². The van der Waals surface area contributed by atoms with Crippen molar-refractivity contribution in [1.82, 2.24) is 19.7 Å². The normalized spacial score (nSPS) is 10.9. The lowest BCUT2D eigenvalue weighted by atomic mass is 10.2. The van der Waals surface area contributed by atoms with Gasteiger partial charge in [-0.2, -0.15) is 10.1 Å². The average Bonchev–Trinajstić information content (AvgIpc) is 2.72. The fourth-order valence-electron chi connectivity index (χ4n) is 1.82. The number of nitrogens with zero attached hydrogens (tertiary/aromatic N) is 4. The maximum Gasteiger partial charge on any atom is 0.222 e. The maximum atomic E-state index is 9.42. The standard InChI is InChI=1S/C12H11N5O/c13-12-14-5-9-6-15-17(11(9)16-12)7-8-2-1-3-10(18)4-8/h1-6,18H,7H2,(H2,13,14,16). The molecule has 2 heterocycles. The minimum Gasteiger partial charge on any atom is -0.508 e. The van der Waals surface area contributed by atoms with E-state index in [9.17, 15) is 5.11 Å². The van der Waals surface area contributed by atoms with Gasteiger partial charge in [0.25, 0.3) is 0 Å². The first kappa shape index (κ1) is 10.5. The van der Waals surface area contributed by atoms with Crippen molar-refractivity contribution in [2.45, 2.75) is 6.54 Å². The molecule has 2 aromatic heterocycles. The van der Waals surface area contributed by atoms with Gasteiger partial charge in [-0.3, -0.25) is 0 Å². The van der Waals surface area contributed by atoms with Crippen molar-refractivity contribution in [3.63, 3.8) is 0 Å². The number of phenols is 1. The van der Waals surface area contributed by atoms with E-state index < -0.39 is 0 Å². The predicted molar refractivity (Wildman–Crippen MR) is 66.9 cm³/mol. The highest BCUT2D eigenvalue weighted by molar-refractivity contribution is 5.74. The van der Waals surface area contributed by atoms with Crippen molar-refractivity contribution in [2.75, 3.05) is 5.73 Å². The van der Waals surface area contributed by atoms with E-state index in [4.69, 9.17) is 5.73 Å². The van der Waals surface area contributed by atoms with E-state index in [1.807, 2.05) is 6.07 Å². The van der Waals surface area contributed by atoms with Crippen molar-refractivity contribution in [3.8, 4) is 5.75 Å². The first-order chi connectivity index (χ1) is 8.72. The molecule has 3 aromatic rings. The maximum absolute atomic E-state index is 9.42. The van der Waals surface area contributed by atoms with Gasteiger partial charge in [-0.25, -0.2) is 9.67 Å². The van der Waals surface area contributed by atoms with E-state index in [0.717, 1.165) is 10.9 Å². The lowest BCUT2D eigenvalue weighted by Gasteiger charge is -2.04. The Morgan fingerprint density at radius 1 is 1.28 bits per heavy atom. The van der Waals surface area contributed by atoms with Crippen LogP contribution in [0.2, 0.25) is 0 Å². The molecule has 1 aromatic carbocycles. The third kappa shape index (κ3) is 1.84. The molecule has 0 aliphatic heterocycles. The van der Waals surface area contributed by atoms with Crippen LogP contribution in [0.1, 0.15) is 5.56 Å². The molecule has 0 aliphatic carbocycles. The van der Waals surface area contributed by atoms with Crippen LogP contribution in [0.25, 0.3) is 11.0 Å². The van der Waals surface area contributed by atoms with Crippen molar-refractivity contribution in [1.29, 1.82) is 0 Å². The second-order valence-electron chi connectivity index (χ2n) is 3.98. The lowest BCUT2D eigenvalue weighted by Crippen LogP contribution is -2.04. The molecule has 0 spiro atoms. The third-order valence-corrected chi connectivity index (χ3v) is 2.64. The van der Waals surface area contributed by atoms with Gasteiger partial charge in [0.1, 0.15) is 5.75 Å². The number of benzene rings is 1. The molecule has 3 rings (SSSR count). The summed E-state index contributed by atoms with van der Waals surface area (Å²) in [5.41, 5.74) is 7.19. The SMILES string of the molecule is Nc1ncc2cnn(Cc3cccc(O)c3)c2n1. The summed E-state index contributed by atoms with van der Waals surface area (Å²) in [6.07, 6.45) is 3.33. The third-order valence-electron chi connectivity index (χ3n) is 2.64. The van der Waals surface area contributed by atoms with Crippen LogP contribution < -0.4 is 5.73 Å². The van der Waals surface area contributed by atoms with Gasteiger partial charge in [0.15, 0.2) is 5.65 Å². The minimum atomic E-state index is 0.222. The Bertz CT molecular complexity index is 707. The molecule has 0 bridgehead atoms. The fraction of sp³-hybridized carbons (Fsp3) is 0.0833. The number of nitrogen functional groups attached to an aromatic ring is 1. The molecule has 0 atom stereocenters. The van der Waals surface area contributed by atoms with Crippen LogP contribution >= 0.6 is 0 Å². The molecular weight excluding hydrogens is 230 g/mol. The van der Waals surface area contributed by atoms with Crippen LogP contribution in [0.4, 0.5) is 5.95 Å². The lowest BCUT2D eigenvalue weighted by molar-refractivity contribution is 0.474. The number of hydrogen-bond donors (Lipinski definition) is 2. The van der Waals surface area contributed by atoms with Gasteiger partial charge < -0.3 is 10.8 Å². The summed E-state index contributed by atoms with van der Waals surface area (Å²) in [6.45, 7) is 0.522. The minimum absolute atomic E-state index is 0.222. The molecule has 6 nitrogen and oxygen atoms in total. The van der Waals surface area contributed by atoms with Crippen molar-refractivity contribution in [2.24, 2.45) is 0 Å². The van der Waals surface area contributed by atoms with Crippen LogP contribution in [0, 0.1) is 0 Å². The highest BCUT2D eigenvalue weighted by Crippen LogP contribution is 2.15. The number of fused-ring (bicyclic) bond motifs is 1. The van der Waals surface area contributed by atoms with Crippen LogP contribution in [-0.2, 0) is 6.54 Å². The Kier molecular flexibility index (Phi) is 2.33. The summed E-state index contributed by atoms with van der Waals surface area (Å²) in [5, 5.41) is 14.5. The molecule has 18 heavy (non-hydrogen) atoms. The molecule has 0 amide bonds. The second kappa shape index (κ2) is 3.99. The van der Waals surface area contributed by atoms with Gasteiger partial charge in [-0.05, 0) is 17.7 Å². The Balaban J connectivity index is 2.02.